The summed E-state index contributed by atoms with van der Waals surface area (Å²) in [4.78, 5) is 9.03. The molecule has 3 aromatic rings. The van der Waals surface area contributed by atoms with E-state index in [0.717, 1.165) is 28.7 Å². The molecule has 114 valence electrons. The first-order valence-corrected chi connectivity index (χ1v) is 8.42. The zero-order valence-corrected chi connectivity index (χ0v) is 14.2. The number of hydrogen-bond acceptors (Lipinski definition) is 4. The molecular weight excluding hydrogens is 292 g/mol. The summed E-state index contributed by atoms with van der Waals surface area (Å²) in [5, 5.41) is 5.36. The summed E-state index contributed by atoms with van der Waals surface area (Å²) in [6, 6.07) is 8.68. The van der Waals surface area contributed by atoms with E-state index in [2.05, 4.69) is 60.1 Å². The second kappa shape index (κ2) is 6.08. The molecule has 1 aromatic carbocycles. The van der Waals surface area contributed by atoms with Crippen molar-refractivity contribution in [3.63, 3.8) is 0 Å². The van der Waals surface area contributed by atoms with E-state index in [1.54, 1.807) is 11.8 Å². The van der Waals surface area contributed by atoms with E-state index in [0.29, 0.717) is 5.78 Å². The standard InChI is InChI=1S/C17H20N4S/c1-11-5-7-15(8-6-11)9-10-22-17-19-16-18-13(3)12(2)14(4)21(16)20-17/h5-8H,9-10H2,1-4H3. The Morgan fingerprint density at radius 3 is 2.45 bits per heavy atom. The zero-order valence-electron chi connectivity index (χ0n) is 13.4. The first-order valence-electron chi connectivity index (χ1n) is 7.43. The van der Waals surface area contributed by atoms with E-state index in [1.165, 1.54) is 16.7 Å². The number of aryl methyl sites for hydroxylation is 4. The molecule has 2 heterocycles. The van der Waals surface area contributed by atoms with Gasteiger partial charge in [-0.2, -0.15) is 4.98 Å². The van der Waals surface area contributed by atoms with E-state index < -0.39 is 0 Å². The van der Waals surface area contributed by atoms with Crippen LogP contribution in [0.15, 0.2) is 29.4 Å². The first-order chi connectivity index (χ1) is 10.5. The molecule has 0 aliphatic rings. The Morgan fingerprint density at radius 1 is 1.00 bits per heavy atom. The highest BCUT2D eigenvalue weighted by molar-refractivity contribution is 7.99. The van der Waals surface area contributed by atoms with Gasteiger partial charge in [0.15, 0.2) is 0 Å². The Kier molecular flexibility index (Phi) is 4.16. The highest BCUT2D eigenvalue weighted by Gasteiger charge is 2.11. The number of thioether (sulfide) groups is 1. The molecule has 0 saturated carbocycles. The van der Waals surface area contributed by atoms with Gasteiger partial charge in [0.1, 0.15) is 0 Å². The van der Waals surface area contributed by atoms with E-state index in [1.807, 2.05) is 11.4 Å². The van der Waals surface area contributed by atoms with Crippen molar-refractivity contribution < 1.29 is 0 Å². The molecule has 0 aliphatic carbocycles. The van der Waals surface area contributed by atoms with Gasteiger partial charge >= 0.3 is 0 Å². The minimum absolute atomic E-state index is 0.693. The fourth-order valence-corrected chi connectivity index (χ4v) is 3.12. The Balaban J connectivity index is 1.72. The Hall–Kier alpha value is -1.88. The topological polar surface area (TPSA) is 43.1 Å². The molecule has 0 unspecified atom stereocenters. The van der Waals surface area contributed by atoms with Crippen LogP contribution in [0.1, 0.15) is 28.1 Å². The summed E-state index contributed by atoms with van der Waals surface area (Å²) in [6.07, 6.45) is 1.02. The van der Waals surface area contributed by atoms with Gasteiger partial charge in [-0.15, -0.1) is 5.10 Å². The van der Waals surface area contributed by atoms with Crippen molar-refractivity contribution in [2.45, 2.75) is 39.3 Å². The van der Waals surface area contributed by atoms with Gasteiger partial charge in [0.2, 0.25) is 5.16 Å². The molecule has 0 amide bonds. The van der Waals surface area contributed by atoms with E-state index in [-0.39, 0.29) is 0 Å². The maximum atomic E-state index is 4.57. The summed E-state index contributed by atoms with van der Waals surface area (Å²) < 4.78 is 1.84. The SMILES string of the molecule is Cc1ccc(CCSc2nc3nc(C)c(C)c(C)n3n2)cc1. The second-order valence-electron chi connectivity index (χ2n) is 5.60. The van der Waals surface area contributed by atoms with Gasteiger partial charge in [0, 0.05) is 17.1 Å². The lowest BCUT2D eigenvalue weighted by Gasteiger charge is -2.04. The lowest BCUT2D eigenvalue weighted by atomic mass is 10.1. The van der Waals surface area contributed by atoms with Crippen molar-refractivity contribution in [2.24, 2.45) is 0 Å². The highest BCUT2D eigenvalue weighted by Crippen LogP contribution is 2.18. The van der Waals surface area contributed by atoms with Crippen LogP contribution < -0.4 is 0 Å². The fraction of sp³-hybridized carbons (Fsp3) is 0.353. The molecule has 4 nitrogen and oxygen atoms in total. The summed E-state index contributed by atoms with van der Waals surface area (Å²) in [7, 11) is 0. The average Bonchev–Trinajstić information content (AvgIpc) is 2.90. The van der Waals surface area contributed by atoms with Crippen molar-refractivity contribution in [3.05, 3.63) is 52.3 Å². The predicted molar refractivity (Wildman–Crippen MR) is 90.6 cm³/mol. The molecule has 0 saturated heterocycles. The van der Waals surface area contributed by atoms with Crippen LogP contribution >= 0.6 is 11.8 Å². The van der Waals surface area contributed by atoms with Gasteiger partial charge in [-0.3, -0.25) is 0 Å². The maximum Gasteiger partial charge on any atom is 0.253 e. The van der Waals surface area contributed by atoms with E-state index in [4.69, 9.17) is 0 Å². The summed E-state index contributed by atoms with van der Waals surface area (Å²) in [5.74, 6) is 1.66. The first kappa shape index (κ1) is 15.0. The number of fused-ring (bicyclic) bond motifs is 1. The molecule has 22 heavy (non-hydrogen) atoms. The molecule has 0 aliphatic heterocycles. The van der Waals surface area contributed by atoms with Crippen molar-refractivity contribution in [1.82, 2.24) is 19.6 Å². The smallest absolute Gasteiger partial charge is 0.216 e. The van der Waals surface area contributed by atoms with Crippen LogP contribution in [-0.2, 0) is 6.42 Å². The molecule has 0 bridgehead atoms. The predicted octanol–water partition coefficient (Wildman–Crippen LogP) is 3.69. The van der Waals surface area contributed by atoms with Gasteiger partial charge in [-0.25, -0.2) is 9.50 Å². The van der Waals surface area contributed by atoms with Crippen LogP contribution in [0.4, 0.5) is 0 Å². The molecule has 2 aromatic heterocycles. The van der Waals surface area contributed by atoms with E-state index in [9.17, 15) is 0 Å². The van der Waals surface area contributed by atoms with Crippen LogP contribution in [0.3, 0.4) is 0 Å². The third-order valence-corrected chi connectivity index (χ3v) is 4.82. The number of benzene rings is 1. The third-order valence-electron chi connectivity index (χ3n) is 3.98. The Bertz CT molecular complexity index is 806. The van der Waals surface area contributed by atoms with Crippen molar-refractivity contribution >= 4 is 17.5 Å². The summed E-state index contributed by atoms with van der Waals surface area (Å²) in [5.41, 5.74) is 5.95. The van der Waals surface area contributed by atoms with Gasteiger partial charge in [-0.05, 0) is 45.2 Å². The second-order valence-corrected chi connectivity index (χ2v) is 6.66. The van der Waals surface area contributed by atoms with Crippen molar-refractivity contribution in [2.75, 3.05) is 5.75 Å². The molecule has 0 fully saturated rings. The van der Waals surface area contributed by atoms with Gasteiger partial charge in [0.05, 0.1) is 0 Å². The van der Waals surface area contributed by atoms with Crippen LogP contribution in [0.2, 0.25) is 0 Å². The zero-order chi connectivity index (χ0) is 15.7. The molecule has 3 rings (SSSR count). The van der Waals surface area contributed by atoms with Gasteiger partial charge in [0.25, 0.3) is 5.78 Å². The highest BCUT2D eigenvalue weighted by atomic mass is 32.2. The quantitative estimate of drug-likeness (QED) is 0.689. The van der Waals surface area contributed by atoms with Gasteiger partial charge < -0.3 is 0 Å². The molecule has 5 heteroatoms. The molecule has 0 radical (unpaired) electrons. The monoisotopic (exact) mass is 312 g/mol. The minimum atomic E-state index is 0.693. The van der Waals surface area contributed by atoms with Crippen LogP contribution in [0, 0.1) is 27.7 Å². The maximum absolute atomic E-state index is 4.57. The molecule has 0 spiro atoms. The normalized spacial score (nSPS) is 11.3. The van der Waals surface area contributed by atoms with Gasteiger partial charge in [-0.1, -0.05) is 41.6 Å². The molecule has 0 N–H and O–H groups in total. The molecule has 0 atom stereocenters. The van der Waals surface area contributed by atoms with Crippen molar-refractivity contribution in [3.8, 4) is 0 Å². The summed E-state index contributed by atoms with van der Waals surface area (Å²) in [6.45, 7) is 8.26. The van der Waals surface area contributed by atoms with Crippen molar-refractivity contribution in [1.29, 1.82) is 0 Å². The number of hydrogen-bond donors (Lipinski definition) is 0. The largest absolute Gasteiger partial charge is 0.253 e. The Labute approximate surface area is 135 Å². The Morgan fingerprint density at radius 2 is 1.73 bits per heavy atom. The van der Waals surface area contributed by atoms with E-state index >= 15 is 0 Å². The summed E-state index contributed by atoms with van der Waals surface area (Å²) >= 11 is 1.68. The lowest BCUT2D eigenvalue weighted by Crippen LogP contribution is -2.02. The van der Waals surface area contributed by atoms with Crippen LogP contribution in [0.25, 0.3) is 5.78 Å². The minimum Gasteiger partial charge on any atom is -0.216 e. The van der Waals surface area contributed by atoms with Crippen LogP contribution in [-0.4, -0.2) is 25.3 Å². The number of rotatable bonds is 4. The van der Waals surface area contributed by atoms with Crippen LogP contribution in [0.5, 0.6) is 0 Å². The average molecular weight is 312 g/mol. The third kappa shape index (κ3) is 2.99. The molecular formula is C17H20N4S. The number of nitrogens with zero attached hydrogens (tertiary/aromatic N) is 4. The fourth-order valence-electron chi connectivity index (χ4n) is 2.31. The lowest BCUT2D eigenvalue weighted by molar-refractivity contribution is 0.832. The number of aromatic nitrogens is 4.